The molecule has 0 spiro atoms. The van der Waals surface area contributed by atoms with Crippen LogP contribution in [0.2, 0.25) is 0 Å². The maximum absolute atomic E-state index is 11.3. The normalized spacial score (nSPS) is 18.3. The fourth-order valence-electron chi connectivity index (χ4n) is 2.52. The van der Waals surface area contributed by atoms with E-state index in [4.69, 9.17) is 5.14 Å². The molecule has 2 rings (SSSR count). The molecule has 0 atom stereocenters. The maximum Gasteiger partial charge on any atom is 0.238 e. The predicted octanol–water partition coefficient (Wildman–Crippen LogP) is 0.765. The van der Waals surface area contributed by atoms with E-state index in [1.54, 1.807) is 12.1 Å². The molecular weight excluding hydrogens is 274 g/mol. The van der Waals surface area contributed by atoms with Crippen molar-refractivity contribution in [3.05, 3.63) is 29.8 Å². The lowest BCUT2D eigenvalue weighted by molar-refractivity contribution is 0.216. The van der Waals surface area contributed by atoms with Crippen molar-refractivity contribution in [2.75, 3.05) is 26.7 Å². The van der Waals surface area contributed by atoms with Gasteiger partial charge in [-0.2, -0.15) is 0 Å². The Morgan fingerprint density at radius 2 is 2.05 bits per heavy atom. The molecule has 1 aromatic carbocycles. The van der Waals surface area contributed by atoms with Gasteiger partial charge in [0.2, 0.25) is 10.0 Å². The number of hydrogen-bond donors (Lipinski definition) is 2. The van der Waals surface area contributed by atoms with Crippen LogP contribution in [0.15, 0.2) is 29.2 Å². The Hall–Kier alpha value is -0.950. The Morgan fingerprint density at radius 3 is 2.70 bits per heavy atom. The van der Waals surface area contributed by atoms with E-state index < -0.39 is 10.0 Å². The second-order valence-corrected chi connectivity index (χ2v) is 7.13. The molecule has 0 bridgehead atoms. The van der Waals surface area contributed by atoms with Crippen LogP contribution in [0.5, 0.6) is 0 Å². The zero-order chi connectivity index (χ0) is 14.6. The van der Waals surface area contributed by atoms with Crippen molar-refractivity contribution in [2.24, 2.45) is 11.1 Å². The largest absolute Gasteiger partial charge is 0.312 e. The van der Waals surface area contributed by atoms with Crippen LogP contribution in [0.4, 0.5) is 0 Å². The highest BCUT2D eigenvalue weighted by molar-refractivity contribution is 7.89. The zero-order valence-electron chi connectivity index (χ0n) is 11.9. The second-order valence-electron chi connectivity index (χ2n) is 5.57. The van der Waals surface area contributed by atoms with Gasteiger partial charge in [-0.3, -0.25) is 0 Å². The van der Waals surface area contributed by atoms with Gasteiger partial charge >= 0.3 is 0 Å². The van der Waals surface area contributed by atoms with Crippen LogP contribution >= 0.6 is 0 Å². The summed E-state index contributed by atoms with van der Waals surface area (Å²) >= 11 is 0. The van der Waals surface area contributed by atoms with Crippen molar-refractivity contribution in [1.29, 1.82) is 0 Å². The molecule has 0 amide bonds. The number of nitrogens with zero attached hydrogens (tertiary/aromatic N) is 1. The van der Waals surface area contributed by atoms with Gasteiger partial charge < -0.3 is 10.2 Å². The SMILES string of the molecule is CN1CCC(CNCc2cccc(S(N)(=O)=O)c2)CC1. The molecular formula is C14H23N3O2S. The van der Waals surface area contributed by atoms with Crippen molar-refractivity contribution in [2.45, 2.75) is 24.3 Å². The molecule has 0 aromatic heterocycles. The molecule has 1 heterocycles. The molecule has 1 aliphatic heterocycles. The highest BCUT2D eigenvalue weighted by atomic mass is 32.2. The molecule has 112 valence electrons. The summed E-state index contributed by atoms with van der Waals surface area (Å²) in [6.45, 7) is 3.98. The maximum atomic E-state index is 11.3. The number of benzene rings is 1. The van der Waals surface area contributed by atoms with Gasteiger partial charge in [-0.1, -0.05) is 12.1 Å². The summed E-state index contributed by atoms with van der Waals surface area (Å²) in [5.41, 5.74) is 0.949. The number of sulfonamides is 1. The third-order valence-electron chi connectivity index (χ3n) is 3.83. The van der Waals surface area contributed by atoms with Crippen molar-refractivity contribution in [3.8, 4) is 0 Å². The molecule has 1 saturated heterocycles. The lowest BCUT2D eigenvalue weighted by Gasteiger charge is -2.29. The van der Waals surface area contributed by atoms with Crippen molar-refractivity contribution >= 4 is 10.0 Å². The molecule has 5 nitrogen and oxygen atoms in total. The van der Waals surface area contributed by atoms with Crippen LogP contribution in [0, 0.1) is 5.92 Å². The minimum absolute atomic E-state index is 0.177. The molecule has 1 aliphatic rings. The first-order valence-corrected chi connectivity index (χ1v) is 8.51. The van der Waals surface area contributed by atoms with E-state index in [-0.39, 0.29) is 4.90 Å². The number of rotatable bonds is 5. The van der Waals surface area contributed by atoms with E-state index in [0.717, 1.165) is 25.2 Å². The van der Waals surface area contributed by atoms with Crippen LogP contribution in [-0.4, -0.2) is 40.0 Å². The van der Waals surface area contributed by atoms with Crippen LogP contribution in [0.3, 0.4) is 0 Å². The zero-order valence-corrected chi connectivity index (χ0v) is 12.7. The standard InChI is InChI=1S/C14H23N3O2S/c1-17-7-5-12(6-8-17)10-16-11-13-3-2-4-14(9-13)20(15,18)19/h2-4,9,12,16H,5-8,10-11H2,1H3,(H2,15,18,19). The van der Waals surface area contributed by atoms with E-state index in [0.29, 0.717) is 12.5 Å². The Labute approximate surface area is 121 Å². The Bertz CT molecular complexity index is 537. The van der Waals surface area contributed by atoms with Gasteiger partial charge in [0.1, 0.15) is 0 Å². The Balaban J connectivity index is 1.82. The third-order valence-corrected chi connectivity index (χ3v) is 4.74. The van der Waals surface area contributed by atoms with Crippen LogP contribution in [0.1, 0.15) is 18.4 Å². The number of likely N-dealkylation sites (tertiary alicyclic amines) is 1. The lowest BCUT2D eigenvalue weighted by Crippen LogP contribution is -2.34. The van der Waals surface area contributed by atoms with Gasteiger partial charge in [0.05, 0.1) is 4.90 Å². The molecule has 20 heavy (non-hydrogen) atoms. The first-order chi connectivity index (χ1) is 9.45. The highest BCUT2D eigenvalue weighted by Crippen LogP contribution is 2.15. The first kappa shape index (κ1) is 15.4. The fourth-order valence-corrected chi connectivity index (χ4v) is 3.10. The van der Waals surface area contributed by atoms with Crippen molar-refractivity contribution < 1.29 is 8.42 Å². The fraction of sp³-hybridized carbons (Fsp3) is 0.571. The van der Waals surface area contributed by atoms with Crippen LogP contribution < -0.4 is 10.5 Å². The highest BCUT2D eigenvalue weighted by Gasteiger charge is 2.16. The number of nitrogens with one attached hydrogen (secondary N) is 1. The van der Waals surface area contributed by atoms with E-state index >= 15 is 0 Å². The summed E-state index contributed by atoms with van der Waals surface area (Å²) in [5, 5.41) is 8.54. The minimum atomic E-state index is -3.61. The number of primary sulfonamides is 1. The molecule has 6 heteroatoms. The molecule has 1 fully saturated rings. The van der Waals surface area contributed by atoms with Gasteiger partial charge in [-0.15, -0.1) is 0 Å². The summed E-state index contributed by atoms with van der Waals surface area (Å²) < 4.78 is 22.6. The number of piperidine rings is 1. The van der Waals surface area contributed by atoms with Crippen molar-refractivity contribution in [1.82, 2.24) is 10.2 Å². The smallest absolute Gasteiger partial charge is 0.238 e. The second kappa shape index (κ2) is 6.67. The van der Waals surface area contributed by atoms with Crippen molar-refractivity contribution in [3.63, 3.8) is 0 Å². The number of hydrogen-bond acceptors (Lipinski definition) is 4. The number of nitrogens with two attached hydrogens (primary N) is 1. The van der Waals surface area contributed by atoms with Gasteiger partial charge in [-0.05, 0) is 63.1 Å². The molecule has 0 unspecified atom stereocenters. The van der Waals surface area contributed by atoms with Gasteiger partial charge in [0.15, 0.2) is 0 Å². The quantitative estimate of drug-likeness (QED) is 0.841. The molecule has 3 N–H and O–H groups in total. The minimum Gasteiger partial charge on any atom is -0.312 e. The van der Waals surface area contributed by atoms with E-state index in [1.807, 2.05) is 6.07 Å². The van der Waals surface area contributed by atoms with Gasteiger partial charge in [-0.25, -0.2) is 13.6 Å². The summed E-state index contributed by atoms with van der Waals surface area (Å²) in [4.78, 5) is 2.53. The molecule has 0 saturated carbocycles. The van der Waals surface area contributed by atoms with Gasteiger partial charge in [0, 0.05) is 6.54 Å². The first-order valence-electron chi connectivity index (χ1n) is 6.96. The Morgan fingerprint density at radius 1 is 1.35 bits per heavy atom. The summed E-state index contributed by atoms with van der Waals surface area (Å²) in [6, 6.07) is 6.80. The average Bonchev–Trinajstić information content (AvgIpc) is 2.40. The third kappa shape index (κ3) is 4.56. The molecule has 0 radical (unpaired) electrons. The van der Waals surface area contributed by atoms with E-state index in [2.05, 4.69) is 17.3 Å². The van der Waals surface area contributed by atoms with E-state index in [1.165, 1.54) is 18.9 Å². The summed E-state index contributed by atoms with van der Waals surface area (Å²) in [7, 11) is -1.46. The summed E-state index contributed by atoms with van der Waals surface area (Å²) in [5.74, 6) is 0.715. The van der Waals surface area contributed by atoms with E-state index in [9.17, 15) is 8.42 Å². The van der Waals surface area contributed by atoms with Crippen LogP contribution in [0.25, 0.3) is 0 Å². The molecule has 1 aromatic rings. The molecule has 0 aliphatic carbocycles. The lowest BCUT2D eigenvalue weighted by atomic mass is 9.97. The monoisotopic (exact) mass is 297 g/mol. The average molecular weight is 297 g/mol. The topological polar surface area (TPSA) is 75.4 Å². The van der Waals surface area contributed by atoms with Crippen LogP contribution in [-0.2, 0) is 16.6 Å². The van der Waals surface area contributed by atoms with Gasteiger partial charge in [0.25, 0.3) is 0 Å². The summed E-state index contributed by atoms with van der Waals surface area (Å²) in [6.07, 6.45) is 2.45. The Kier molecular flexibility index (Phi) is 5.15. The predicted molar refractivity (Wildman–Crippen MR) is 79.7 cm³/mol.